The highest BCUT2D eigenvalue weighted by Crippen LogP contribution is 2.07. The fourth-order valence-corrected chi connectivity index (χ4v) is 1.31. The first-order valence-electron chi connectivity index (χ1n) is 5.04. The van der Waals surface area contributed by atoms with Crippen LogP contribution >= 0.6 is 0 Å². The minimum atomic E-state index is -0.240. The van der Waals surface area contributed by atoms with Crippen LogP contribution in [0.3, 0.4) is 0 Å². The number of hydrogen-bond acceptors (Lipinski definition) is 2. The Morgan fingerprint density at radius 1 is 1.21 bits per heavy atom. The number of aryl methyl sites for hydroxylation is 1. The van der Waals surface area contributed by atoms with E-state index < -0.39 is 0 Å². The molecule has 0 aliphatic heterocycles. The first-order chi connectivity index (χ1) is 6.77. The van der Waals surface area contributed by atoms with Gasteiger partial charge in [0.25, 0.3) is 0 Å². The van der Waals surface area contributed by atoms with Crippen molar-refractivity contribution < 1.29 is 9.53 Å². The summed E-state index contributed by atoms with van der Waals surface area (Å²) < 4.78 is 4.89. The summed E-state index contributed by atoms with van der Waals surface area (Å²) in [5.41, 5.74) is 1.90. The molecule has 0 spiro atoms. The smallest absolute Gasteiger partial charge is 0.338 e. The molecule has 0 aliphatic carbocycles. The Morgan fingerprint density at radius 3 is 2.36 bits per heavy atom. The third-order valence-corrected chi connectivity index (χ3v) is 2.00. The highest BCUT2D eigenvalue weighted by Gasteiger charge is 2.04. The van der Waals surface area contributed by atoms with E-state index in [0.717, 1.165) is 12.8 Å². The fraction of sp³-hybridized carbons (Fsp3) is 0.417. The van der Waals surface area contributed by atoms with E-state index in [1.807, 2.05) is 31.2 Å². The van der Waals surface area contributed by atoms with E-state index in [1.54, 1.807) is 0 Å². The van der Waals surface area contributed by atoms with Crippen molar-refractivity contribution in [3.8, 4) is 0 Å². The molecule has 2 heteroatoms. The summed E-state index contributed by atoms with van der Waals surface area (Å²) in [6.07, 6.45) is 2.18. The number of hydrogen-bond donors (Lipinski definition) is 0. The van der Waals surface area contributed by atoms with Crippen molar-refractivity contribution in [2.75, 3.05) is 6.61 Å². The second-order valence-corrected chi connectivity index (χ2v) is 3.17. The zero-order valence-electron chi connectivity index (χ0n) is 8.75. The van der Waals surface area contributed by atoms with Crippen LogP contribution in [0.15, 0.2) is 24.3 Å². The number of carbonyl (C=O) groups is 1. The molecule has 1 aromatic carbocycles. The van der Waals surface area contributed by atoms with Gasteiger partial charge in [-0.3, -0.25) is 0 Å². The number of ether oxygens (including phenoxy) is 1. The lowest BCUT2D eigenvalue weighted by Crippen LogP contribution is -2.04. The minimum Gasteiger partial charge on any atom is -0.462 e. The number of esters is 1. The van der Waals surface area contributed by atoms with Crippen LogP contribution in [0.2, 0.25) is 0 Å². The van der Waals surface area contributed by atoms with E-state index in [2.05, 4.69) is 6.92 Å². The molecule has 0 heterocycles. The van der Waals surface area contributed by atoms with Gasteiger partial charge in [0.05, 0.1) is 12.2 Å². The van der Waals surface area contributed by atoms with E-state index in [0.29, 0.717) is 12.2 Å². The monoisotopic (exact) mass is 192 g/mol. The lowest BCUT2D eigenvalue weighted by Gasteiger charge is -2.02. The van der Waals surface area contributed by atoms with Crippen LogP contribution in [0.1, 0.15) is 36.2 Å². The Kier molecular flexibility index (Phi) is 4.17. The van der Waals surface area contributed by atoms with Gasteiger partial charge < -0.3 is 4.74 Å². The topological polar surface area (TPSA) is 26.3 Å². The third kappa shape index (κ3) is 2.87. The molecule has 0 saturated heterocycles. The highest BCUT2D eigenvalue weighted by atomic mass is 16.5. The van der Waals surface area contributed by atoms with Crippen LogP contribution in [0.4, 0.5) is 0 Å². The molecule has 0 aromatic heterocycles. The minimum absolute atomic E-state index is 0.240. The molecule has 1 aromatic rings. The normalized spacial score (nSPS) is 9.86. The third-order valence-electron chi connectivity index (χ3n) is 2.00. The molecule has 0 aliphatic rings. The van der Waals surface area contributed by atoms with Crippen LogP contribution in [0.25, 0.3) is 0 Å². The molecule has 0 unspecified atom stereocenters. The van der Waals surface area contributed by atoms with Gasteiger partial charge in [-0.1, -0.05) is 25.5 Å². The first kappa shape index (κ1) is 10.8. The van der Waals surface area contributed by atoms with E-state index in [4.69, 9.17) is 4.74 Å². The zero-order valence-corrected chi connectivity index (χ0v) is 8.75. The molecular formula is C12H16O2. The summed E-state index contributed by atoms with van der Waals surface area (Å²) in [5.74, 6) is -0.240. The Bertz CT molecular complexity index is 288. The van der Waals surface area contributed by atoms with Gasteiger partial charge >= 0.3 is 5.97 Å². The van der Waals surface area contributed by atoms with Crippen molar-refractivity contribution >= 4 is 5.97 Å². The predicted octanol–water partition coefficient (Wildman–Crippen LogP) is 2.82. The molecule has 0 bridgehead atoms. The van der Waals surface area contributed by atoms with Crippen LogP contribution in [0, 0.1) is 0 Å². The Labute approximate surface area is 84.9 Å². The molecule has 0 fully saturated rings. The summed E-state index contributed by atoms with van der Waals surface area (Å²) in [4.78, 5) is 11.3. The molecule has 1 rings (SSSR count). The van der Waals surface area contributed by atoms with Gasteiger partial charge in [-0.2, -0.15) is 0 Å². The lowest BCUT2D eigenvalue weighted by atomic mass is 10.1. The van der Waals surface area contributed by atoms with Gasteiger partial charge in [-0.25, -0.2) is 4.79 Å². The van der Waals surface area contributed by atoms with Gasteiger partial charge in [0.1, 0.15) is 0 Å². The number of benzene rings is 1. The largest absolute Gasteiger partial charge is 0.462 e. The van der Waals surface area contributed by atoms with Crippen LogP contribution in [0.5, 0.6) is 0 Å². The summed E-state index contributed by atoms with van der Waals surface area (Å²) in [6, 6.07) is 7.61. The SMILES string of the molecule is CCCc1ccc(C(=O)OCC)cc1. The standard InChI is InChI=1S/C12H16O2/c1-3-5-10-6-8-11(9-7-10)12(13)14-4-2/h6-9H,3-5H2,1-2H3. The van der Waals surface area contributed by atoms with Gasteiger partial charge in [0, 0.05) is 0 Å². The average molecular weight is 192 g/mol. The molecule has 0 radical (unpaired) electrons. The van der Waals surface area contributed by atoms with E-state index in [1.165, 1.54) is 5.56 Å². The molecule has 14 heavy (non-hydrogen) atoms. The first-order valence-corrected chi connectivity index (χ1v) is 5.04. The maximum atomic E-state index is 11.3. The molecule has 2 nitrogen and oxygen atoms in total. The van der Waals surface area contributed by atoms with Crippen molar-refractivity contribution in [2.24, 2.45) is 0 Å². The quantitative estimate of drug-likeness (QED) is 0.686. The van der Waals surface area contributed by atoms with E-state index in [9.17, 15) is 4.79 Å². The fourth-order valence-electron chi connectivity index (χ4n) is 1.31. The second kappa shape index (κ2) is 5.43. The summed E-state index contributed by atoms with van der Waals surface area (Å²) >= 11 is 0. The summed E-state index contributed by atoms with van der Waals surface area (Å²) in [6.45, 7) is 4.37. The van der Waals surface area contributed by atoms with Crippen molar-refractivity contribution in [1.29, 1.82) is 0 Å². The highest BCUT2D eigenvalue weighted by molar-refractivity contribution is 5.89. The van der Waals surface area contributed by atoms with Crippen molar-refractivity contribution in [2.45, 2.75) is 26.7 Å². The summed E-state index contributed by atoms with van der Waals surface area (Å²) in [5, 5.41) is 0. The van der Waals surface area contributed by atoms with Crippen molar-refractivity contribution in [1.82, 2.24) is 0 Å². The maximum absolute atomic E-state index is 11.3. The molecule has 0 saturated carbocycles. The van der Waals surface area contributed by atoms with Crippen molar-refractivity contribution in [3.63, 3.8) is 0 Å². The van der Waals surface area contributed by atoms with Crippen molar-refractivity contribution in [3.05, 3.63) is 35.4 Å². The van der Waals surface area contributed by atoms with Gasteiger partial charge in [0.2, 0.25) is 0 Å². The predicted molar refractivity (Wildman–Crippen MR) is 56.4 cm³/mol. The van der Waals surface area contributed by atoms with Gasteiger partial charge in [0.15, 0.2) is 0 Å². The number of carbonyl (C=O) groups excluding carboxylic acids is 1. The second-order valence-electron chi connectivity index (χ2n) is 3.17. The molecule has 0 amide bonds. The van der Waals surface area contributed by atoms with Crippen LogP contribution in [-0.4, -0.2) is 12.6 Å². The lowest BCUT2D eigenvalue weighted by molar-refractivity contribution is 0.0526. The molecule has 76 valence electrons. The Hall–Kier alpha value is -1.31. The Balaban J connectivity index is 2.67. The van der Waals surface area contributed by atoms with Gasteiger partial charge in [-0.15, -0.1) is 0 Å². The van der Waals surface area contributed by atoms with Gasteiger partial charge in [-0.05, 0) is 31.0 Å². The maximum Gasteiger partial charge on any atom is 0.338 e. The zero-order chi connectivity index (χ0) is 10.4. The van der Waals surface area contributed by atoms with Crippen LogP contribution < -0.4 is 0 Å². The molecular weight excluding hydrogens is 176 g/mol. The van der Waals surface area contributed by atoms with E-state index >= 15 is 0 Å². The average Bonchev–Trinajstić information content (AvgIpc) is 2.20. The number of rotatable bonds is 4. The van der Waals surface area contributed by atoms with E-state index in [-0.39, 0.29) is 5.97 Å². The summed E-state index contributed by atoms with van der Waals surface area (Å²) in [7, 11) is 0. The molecule has 0 atom stereocenters. The molecule has 0 N–H and O–H groups in total. The Morgan fingerprint density at radius 2 is 1.86 bits per heavy atom. The van der Waals surface area contributed by atoms with Crippen LogP contribution in [-0.2, 0) is 11.2 Å².